The maximum absolute atomic E-state index is 5.72. The molecule has 0 saturated carbocycles. The Morgan fingerprint density at radius 2 is 2.07 bits per heavy atom. The zero-order chi connectivity index (χ0) is 10.8. The fourth-order valence-corrected chi connectivity index (χ4v) is 1.78. The maximum atomic E-state index is 5.72. The van der Waals surface area contributed by atoms with Crippen LogP contribution >= 0.6 is 15.9 Å². The molecule has 0 aliphatic carbocycles. The van der Waals surface area contributed by atoms with Gasteiger partial charge >= 0.3 is 0 Å². The van der Waals surface area contributed by atoms with E-state index in [1.54, 1.807) is 0 Å². The average Bonchev–Trinajstić information content (AvgIpc) is 2.70. The summed E-state index contributed by atoms with van der Waals surface area (Å²) in [5.41, 5.74) is 7.50. The smallest absolute Gasteiger partial charge is 0.134 e. The molecule has 0 aliphatic rings. The first-order valence-corrected chi connectivity index (χ1v) is 5.64. The summed E-state index contributed by atoms with van der Waals surface area (Å²) in [7, 11) is 0. The zero-order valence-electron chi connectivity index (χ0n) is 8.46. The van der Waals surface area contributed by atoms with Crippen molar-refractivity contribution >= 4 is 21.6 Å². The molecule has 15 heavy (non-hydrogen) atoms. The number of aryl methyl sites for hydroxylation is 1. The van der Waals surface area contributed by atoms with Crippen LogP contribution in [0.5, 0.6) is 0 Å². The lowest BCUT2D eigenvalue weighted by Crippen LogP contribution is -1.86. The molecule has 1 aromatic heterocycles. The van der Waals surface area contributed by atoms with E-state index in [-0.39, 0.29) is 0 Å². The Morgan fingerprint density at radius 1 is 1.27 bits per heavy atom. The van der Waals surface area contributed by atoms with E-state index in [0.717, 1.165) is 33.7 Å². The van der Waals surface area contributed by atoms with Crippen LogP contribution in [-0.4, -0.2) is 0 Å². The van der Waals surface area contributed by atoms with E-state index in [0.29, 0.717) is 0 Å². The minimum Gasteiger partial charge on any atom is -0.461 e. The van der Waals surface area contributed by atoms with Crippen molar-refractivity contribution in [3.8, 4) is 11.3 Å². The normalized spacial score (nSPS) is 10.5. The summed E-state index contributed by atoms with van der Waals surface area (Å²) in [5.74, 6) is 1.88. The van der Waals surface area contributed by atoms with Crippen LogP contribution in [0, 0.1) is 0 Å². The quantitative estimate of drug-likeness (QED) is 0.838. The number of benzene rings is 1. The highest BCUT2D eigenvalue weighted by Crippen LogP contribution is 2.28. The van der Waals surface area contributed by atoms with Gasteiger partial charge in [0.25, 0.3) is 0 Å². The summed E-state index contributed by atoms with van der Waals surface area (Å²) in [6, 6.07) is 9.77. The van der Waals surface area contributed by atoms with Crippen molar-refractivity contribution in [2.24, 2.45) is 0 Å². The standard InChI is InChI=1S/C12H12BrNO/c1-2-9-4-6-12(15-9)8-3-5-11(14)10(13)7-8/h3-7H,2,14H2,1H3. The van der Waals surface area contributed by atoms with E-state index >= 15 is 0 Å². The second-order valence-electron chi connectivity index (χ2n) is 3.36. The van der Waals surface area contributed by atoms with Gasteiger partial charge in [-0.15, -0.1) is 0 Å². The van der Waals surface area contributed by atoms with Crippen molar-refractivity contribution in [1.29, 1.82) is 0 Å². The van der Waals surface area contributed by atoms with Gasteiger partial charge in [-0.1, -0.05) is 6.92 Å². The number of furan rings is 1. The Bertz CT molecular complexity index is 476. The van der Waals surface area contributed by atoms with Gasteiger partial charge in [0.05, 0.1) is 0 Å². The van der Waals surface area contributed by atoms with E-state index in [1.165, 1.54) is 0 Å². The topological polar surface area (TPSA) is 39.2 Å². The molecule has 0 fully saturated rings. The van der Waals surface area contributed by atoms with E-state index in [4.69, 9.17) is 10.2 Å². The molecule has 0 bridgehead atoms. The molecular formula is C12H12BrNO. The summed E-state index contributed by atoms with van der Waals surface area (Å²) in [5, 5.41) is 0. The zero-order valence-corrected chi connectivity index (χ0v) is 10.0. The lowest BCUT2D eigenvalue weighted by molar-refractivity contribution is 0.529. The largest absolute Gasteiger partial charge is 0.461 e. The van der Waals surface area contributed by atoms with Crippen molar-refractivity contribution in [2.75, 3.05) is 5.73 Å². The van der Waals surface area contributed by atoms with Gasteiger partial charge in [0.15, 0.2) is 0 Å². The first-order valence-electron chi connectivity index (χ1n) is 4.85. The predicted octanol–water partition coefficient (Wildman–Crippen LogP) is 3.85. The van der Waals surface area contributed by atoms with Crippen molar-refractivity contribution in [2.45, 2.75) is 13.3 Å². The Kier molecular flexibility index (Phi) is 2.82. The van der Waals surface area contributed by atoms with Crippen LogP contribution in [0.15, 0.2) is 39.2 Å². The molecule has 0 radical (unpaired) electrons. The van der Waals surface area contributed by atoms with Crippen LogP contribution in [0.2, 0.25) is 0 Å². The third-order valence-electron chi connectivity index (χ3n) is 2.30. The van der Waals surface area contributed by atoms with Crippen LogP contribution < -0.4 is 5.73 Å². The van der Waals surface area contributed by atoms with Gasteiger partial charge in [-0.2, -0.15) is 0 Å². The molecule has 0 atom stereocenters. The highest BCUT2D eigenvalue weighted by Gasteiger charge is 2.05. The molecule has 2 N–H and O–H groups in total. The molecule has 1 heterocycles. The molecule has 0 unspecified atom stereocenters. The molecule has 3 heteroatoms. The molecule has 2 nitrogen and oxygen atoms in total. The number of rotatable bonds is 2. The SMILES string of the molecule is CCc1ccc(-c2ccc(N)c(Br)c2)o1. The third-order valence-corrected chi connectivity index (χ3v) is 2.98. The predicted molar refractivity (Wildman–Crippen MR) is 65.6 cm³/mol. The second kappa shape index (κ2) is 4.11. The van der Waals surface area contributed by atoms with Crippen LogP contribution in [0.25, 0.3) is 11.3 Å². The first-order chi connectivity index (χ1) is 7.20. The lowest BCUT2D eigenvalue weighted by atomic mass is 10.1. The van der Waals surface area contributed by atoms with E-state index in [2.05, 4.69) is 22.9 Å². The summed E-state index contributed by atoms with van der Waals surface area (Å²) in [4.78, 5) is 0. The molecule has 0 amide bonds. The molecule has 0 aliphatic heterocycles. The summed E-state index contributed by atoms with van der Waals surface area (Å²) in [6.45, 7) is 2.07. The third kappa shape index (κ3) is 2.07. The molecule has 1 aromatic carbocycles. The van der Waals surface area contributed by atoms with Crippen LogP contribution in [0.1, 0.15) is 12.7 Å². The average molecular weight is 266 g/mol. The number of hydrogen-bond acceptors (Lipinski definition) is 2. The summed E-state index contributed by atoms with van der Waals surface area (Å²) >= 11 is 3.40. The van der Waals surface area contributed by atoms with E-state index < -0.39 is 0 Å². The van der Waals surface area contributed by atoms with E-state index in [9.17, 15) is 0 Å². The lowest BCUT2D eigenvalue weighted by Gasteiger charge is -2.01. The number of hydrogen-bond donors (Lipinski definition) is 1. The van der Waals surface area contributed by atoms with Crippen molar-refractivity contribution < 1.29 is 4.42 Å². The first kappa shape index (κ1) is 10.3. The van der Waals surface area contributed by atoms with E-state index in [1.807, 2.05) is 30.3 Å². The van der Waals surface area contributed by atoms with Gasteiger partial charge < -0.3 is 10.2 Å². The minimum atomic E-state index is 0.737. The fourth-order valence-electron chi connectivity index (χ4n) is 1.40. The highest BCUT2D eigenvalue weighted by molar-refractivity contribution is 9.10. The minimum absolute atomic E-state index is 0.737. The van der Waals surface area contributed by atoms with Crippen molar-refractivity contribution in [3.05, 3.63) is 40.6 Å². The van der Waals surface area contributed by atoms with Crippen LogP contribution in [-0.2, 0) is 6.42 Å². The Hall–Kier alpha value is -1.22. The van der Waals surface area contributed by atoms with Gasteiger partial charge in [0.2, 0.25) is 0 Å². The molecule has 78 valence electrons. The Morgan fingerprint density at radius 3 is 2.67 bits per heavy atom. The van der Waals surface area contributed by atoms with Gasteiger partial charge in [-0.3, -0.25) is 0 Å². The second-order valence-corrected chi connectivity index (χ2v) is 4.21. The summed E-state index contributed by atoms with van der Waals surface area (Å²) in [6.07, 6.45) is 0.913. The van der Waals surface area contributed by atoms with Gasteiger partial charge in [-0.25, -0.2) is 0 Å². The Balaban J connectivity index is 2.40. The number of nitrogen functional groups attached to an aromatic ring is 1. The molecule has 2 rings (SSSR count). The monoisotopic (exact) mass is 265 g/mol. The van der Waals surface area contributed by atoms with Crippen molar-refractivity contribution in [1.82, 2.24) is 0 Å². The van der Waals surface area contributed by atoms with Gasteiger partial charge in [0.1, 0.15) is 11.5 Å². The number of anilines is 1. The fraction of sp³-hybridized carbons (Fsp3) is 0.167. The highest BCUT2D eigenvalue weighted by atomic mass is 79.9. The van der Waals surface area contributed by atoms with Crippen LogP contribution in [0.3, 0.4) is 0 Å². The van der Waals surface area contributed by atoms with Crippen molar-refractivity contribution in [3.63, 3.8) is 0 Å². The van der Waals surface area contributed by atoms with Crippen LogP contribution in [0.4, 0.5) is 5.69 Å². The molecule has 0 saturated heterocycles. The van der Waals surface area contributed by atoms with Gasteiger partial charge in [-0.05, 0) is 46.3 Å². The molecule has 0 spiro atoms. The maximum Gasteiger partial charge on any atom is 0.134 e. The molecule has 2 aromatic rings. The number of nitrogens with two attached hydrogens (primary N) is 1. The Labute approximate surface area is 97.2 Å². The number of halogens is 1. The summed E-state index contributed by atoms with van der Waals surface area (Å²) < 4.78 is 6.55. The van der Waals surface area contributed by atoms with Gasteiger partial charge in [0, 0.05) is 22.1 Å². The molecular weight excluding hydrogens is 254 g/mol.